The Balaban J connectivity index is 1.20. The number of anilines is 2. The average Bonchev–Trinajstić information content (AvgIpc) is 3.90. The van der Waals surface area contributed by atoms with Gasteiger partial charge in [0.2, 0.25) is 5.91 Å². The molecule has 1 aromatic heterocycles. The van der Waals surface area contributed by atoms with Gasteiger partial charge >= 0.3 is 6.01 Å². The number of nitriles is 1. The number of hydrogen-bond donors (Lipinski definition) is 0. The molecule has 4 heterocycles. The van der Waals surface area contributed by atoms with Gasteiger partial charge in [0.1, 0.15) is 12.4 Å². The summed E-state index contributed by atoms with van der Waals surface area (Å²) in [4.78, 5) is 34.5. The van der Waals surface area contributed by atoms with E-state index in [1.807, 2.05) is 0 Å². The van der Waals surface area contributed by atoms with E-state index in [9.17, 15) is 10.1 Å². The SMILES string of the molecule is C=CC(=O)N1CCN(c2nc(OCC3(N4C[C@@H](C)N(C)[C@@H](C)C4)CC3)nc3c2CCN(c2cccc4cccc(C)c24)C3)C[C@@H]1CC#N. The Morgan fingerprint density at radius 1 is 1.06 bits per heavy atom. The van der Waals surface area contributed by atoms with E-state index in [-0.39, 0.29) is 23.9 Å². The molecule has 252 valence electrons. The topological polar surface area (TPSA) is 92.1 Å². The summed E-state index contributed by atoms with van der Waals surface area (Å²) in [5, 5.41) is 12.2. The molecular formula is C38H48N8O2. The Hall–Kier alpha value is -4.20. The summed E-state index contributed by atoms with van der Waals surface area (Å²) in [6.45, 7) is 16.3. The van der Waals surface area contributed by atoms with Crippen LogP contribution in [0, 0.1) is 18.3 Å². The minimum atomic E-state index is -0.237. The number of ether oxygens (including phenoxy) is 1. The predicted molar refractivity (Wildman–Crippen MR) is 189 cm³/mol. The first-order valence-electron chi connectivity index (χ1n) is 17.5. The van der Waals surface area contributed by atoms with E-state index in [0.29, 0.717) is 50.9 Å². The van der Waals surface area contributed by atoms with Crippen molar-refractivity contribution in [2.75, 3.05) is 62.7 Å². The number of fused-ring (bicyclic) bond motifs is 2. The second-order valence-electron chi connectivity index (χ2n) is 14.4. The van der Waals surface area contributed by atoms with Crippen molar-refractivity contribution in [1.29, 1.82) is 5.26 Å². The summed E-state index contributed by atoms with van der Waals surface area (Å²) in [7, 11) is 2.22. The maximum absolute atomic E-state index is 12.7. The highest BCUT2D eigenvalue weighted by molar-refractivity contribution is 5.97. The molecule has 2 aromatic carbocycles. The molecule has 0 unspecified atom stereocenters. The minimum Gasteiger partial charge on any atom is -0.461 e. The Kier molecular flexibility index (Phi) is 8.77. The van der Waals surface area contributed by atoms with Crippen molar-refractivity contribution in [2.45, 2.75) is 76.7 Å². The first-order valence-corrected chi connectivity index (χ1v) is 17.5. The number of nitrogens with zero attached hydrogens (tertiary/aromatic N) is 8. The molecule has 10 nitrogen and oxygen atoms in total. The monoisotopic (exact) mass is 648 g/mol. The molecular weight excluding hydrogens is 600 g/mol. The third-order valence-corrected chi connectivity index (χ3v) is 11.3. The normalized spacial score (nSPS) is 24.2. The molecule has 1 amide bonds. The van der Waals surface area contributed by atoms with Crippen LogP contribution in [0.25, 0.3) is 10.8 Å². The van der Waals surface area contributed by atoms with Gasteiger partial charge in [-0.25, -0.2) is 0 Å². The van der Waals surface area contributed by atoms with Gasteiger partial charge in [-0.05, 0) is 70.2 Å². The number of carbonyl (C=O) groups is 1. The number of rotatable bonds is 8. The highest BCUT2D eigenvalue weighted by Crippen LogP contribution is 2.44. The fourth-order valence-electron chi connectivity index (χ4n) is 8.11. The highest BCUT2D eigenvalue weighted by Gasteiger charge is 2.51. The maximum atomic E-state index is 12.7. The molecule has 3 fully saturated rings. The smallest absolute Gasteiger partial charge is 0.318 e. The lowest BCUT2D eigenvalue weighted by Crippen LogP contribution is -2.59. The summed E-state index contributed by atoms with van der Waals surface area (Å²) >= 11 is 0. The fourth-order valence-corrected chi connectivity index (χ4v) is 8.11. The molecule has 1 aliphatic carbocycles. The predicted octanol–water partition coefficient (Wildman–Crippen LogP) is 4.55. The molecule has 0 spiro atoms. The third-order valence-electron chi connectivity index (χ3n) is 11.3. The minimum absolute atomic E-state index is 0.0320. The van der Waals surface area contributed by atoms with E-state index < -0.39 is 0 Å². The number of piperazine rings is 2. The van der Waals surface area contributed by atoms with Crippen LogP contribution in [0.4, 0.5) is 11.5 Å². The first kappa shape index (κ1) is 32.4. The molecule has 48 heavy (non-hydrogen) atoms. The van der Waals surface area contributed by atoms with Crippen LogP contribution in [-0.2, 0) is 17.8 Å². The van der Waals surface area contributed by atoms with Gasteiger partial charge in [-0.3, -0.25) is 14.6 Å². The lowest BCUT2D eigenvalue weighted by atomic mass is 9.99. The van der Waals surface area contributed by atoms with Crippen LogP contribution in [0.1, 0.15) is 49.9 Å². The zero-order chi connectivity index (χ0) is 33.6. The molecule has 3 atom stereocenters. The van der Waals surface area contributed by atoms with Gasteiger partial charge in [-0.15, -0.1) is 0 Å². The van der Waals surface area contributed by atoms with E-state index in [1.54, 1.807) is 4.90 Å². The standard InChI is InChI=1S/C38H48N8O2/c1-6-34(47)46-20-19-44(23-30(46)13-17-39)36-31-14-18-43(33-12-8-11-29-10-7-9-26(2)35(29)33)24-32(31)40-37(41-36)48-25-38(15-16-38)45-21-27(3)42(5)28(4)22-45/h6-12,27-28,30H,1,13-16,18-25H2,2-5H3/t27-,28+,30-/m0/s1. The average molecular weight is 649 g/mol. The van der Waals surface area contributed by atoms with Crippen molar-refractivity contribution in [3.05, 3.63) is 65.9 Å². The fraction of sp³-hybridized carbons (Fsp3) is 0.526. The lowest BCUT2D eigenvalue weighted by molar-refractivity contribution is -0.128. The molecule has 4 aliphatic rings. The zero-order valence-electron chi connectivity index (χ0n) is 28.9. The Morgan fingerprint density at radius 3 is 2.52 bits per heavy atom. The summed E-state index contributed by atoms with van der Waals surface area (Å²) in [5.74, 6) is 0.746. The summed E-state index contributed by atoms with van der Waals surface area (Å²) in [6.07, 6.45) is 4.64. The number of aromatic nitrogens is 2. The molecule has 7 rings (SSSR count). The maximum Gasteiger partial charge on any atom is 0.318 e. The summed E-state index contributed by atoms with van der Waals surface area (Å²) in [6, 6.07) is 16.5. The molecule has 2 saturated heterocycles. The van der Waals surface area contributed by atoms with Crippen LogP contribution in [0.15, 0.2) is 49.1 Å². The molecule has 1 saturated carbocycles. The van der Waals surface area contributed by atoms with Crippen molar-refractivity contribution in [1.82, 2.24) is 24.7 Å². The van der Waals surface area contributed by atoms with Crippen LogP contribution in [0.3, 0.4) is 0 Å². The second-order valence-corrected chi connectivity index (χ2v) is 14.4. The number of aryl methyl sites for hydroxylation is 1. The molecule has 0 bridgehead atoms. The van der Waals surface area contributed by atoms with Gasteiger partial charge in [0.25, 0.3) is 0 Å². The summed E-state index contributed by atoms with van der Waals surface area (Å²) < 4.78 is 6.61. The summed E-state index contributed by atoms with van der Waals surface area (Å²) in [5.41, 5.74) is 4.64. The second kappa shape index (κ2) is 13.0. The number of hydrogen-bond acceptors (Lipinski definition) is 9. The molecule has 10 heteroatoms. The van der Waals surface area contributed by atoms with E-state index in [1.165, 1.54) is 28.1 Å². The van der Waals surface area contributed by atoms with Crippen LogP contribution in [0.2, 0.25) is 0 Å². The Labute approximate surface area is 284 Å². The molecule has 3 aliphatic heterocycles. The van der Waals surface area contributed by atoms with Gasteiger partial charge in [0.05, 0.1) is 36.3 Å². The quantitative estimate of drug-likeness (QED) is 0.326. The molecule has 0 radical (unpaired) electrons. The zero-order valence-corrected chi connectivity index (χ0v) is 28.9. The number of likely N-dealkylation sites (N-methyl/N-ethyl adjacent to an activating group) is 1. The van der Waals surface area contributed by atoms with Crippen molar-refractivity contribution in [2.24, 2.45) is 0 Å². The van der Waals surface area contributed by atoms with Gasteiger partial charge in [-0.1, -0.05) is 36.9 Å². The van der Waals surface area contributed by atoms with Crippen molar-refractivity contribution in [3.63, 3.8) is 0 Å². The van der Waals surface area contributed by atoms with E-state index in [0.717, 1.165) is 56.0 Å². The molecule has 3 aromatic rings. The van der Waals surface area contributed by atoms with Gasteiger partial charge in [-0.2, -0.15) is 15.2 Å². The van der Waals surface area contributed by atoms with Crippen LogP contribution in [0.5, 0.6) is 6.01 Å². The number of carbonyl (C=O) groups excluding carboxylic acids is 1. The number of amides is 1. The Morgan fingerprint density at radius 2 is 1.81 bits per heavy atom. The van der Waals surface area contributed by atoms with E-state index >= 15 is 0 Å². The van der Waals surface area contributed by atoms with Crippen LogP contribution in [-0.4, -0.2) is 107 Å². The van der Waals surface area contributed by atoms with Gasteiger partial charge in [0.15, 0.2) is 0 Å². The van der Waals surface area contributed by atoms with Crippen molar-refractivity contribution >= 4 is 28.2 Å². The number of benzene rings is 2. The van der Waals surface area contributed by atoms with Gasteiger partial charge < -0.3 is 19.4 Å². The molecule has 0 N–H and O–H groups in total. The first-order chi connectivity index (χ1) is 23.2. The largest absolute Gasteiger partial charge is 0.461 e. The third kappa shape index (κ3) is 5.99. The van der Waals surface area contributed by atoms with Crippen molar-refractivity contribution in [3.8, 4) is 12.1 Å². The Bertz CT molecular complexity index is 1730. The van der Waals surface area contributed by atoms with E-state index in [4.69, 9.17) is 14.7 Å². The van der Waals surface area contributed by atoms with Crippen LogP contribution >= 0.6 is 0 Å². The highest BCUT2D eigenvalue weighted by atomic mass is 16.5. The van der Waals surface area contributed by atoms with E-state index in [2.05, 4.69) is 96.5 Å². The van der Waals surface area contributed by atoms with Crippen LogP contribution < -0.4 is 14.5 Å². The van der Waals surface area contributed by atoms with Crippen molar-refractivity contribution < 1.29 is 9.53 Å². The van der Waals surface area contributed by atoms with Gasteiger partial charge in [0, 0.05) is 68.0 Å². The lowest BCUT2D eigenvalue weighted by Gasteiger charge is -2.46.